The molecule has 0 aliphatic rings. The van der Waals surface area contributed by atoms with E-state index in [0.717, 1.165) is 12.1 Å². The molecule has 0 bridgehead atoms. The van der Waals surface area contributed by atoms with Crippen molar-refractivity contribution in [3.8, 4) is 5.75 Å². The van der Waals surface area contributed by atoms with Crippen LogP contribution in [0.3, 0.4) is 0 Å². The number of carbonyl (C=O) groups is 1. The zero-order valence-corrected chi connectivity index (χ0v) is 13.9. The Morgan fingerprint density at radius 2 is 1.62 bits per heavy atom. The molecule has 0 aliphatic carbocycles. The van der Waals surface area contributed by atoms with Crippen LogP contribution in [0.25, 0.3) is 5.57 Å². The second kappa shape index (κ2) is 6.87. The smallest absolute Gasteiger partial charge is 0.416 e. The van der Waals surface area contributed by atoms with Gasteiger partial charge in [-0.15, -0.1) is 0 Å². The summed E-state index contributed by atoms with van der Waals surface area (Å²) in [4.78, 5) is 12.5. The van der Waals surface area contributed by atoms with E-state index in [0.29, 0.717) is 5.75 Å². The Kier molecular flexibility index (Phi) is 5.26. The van der Waals surface area contributed by atoms with Gasteiger partial charge in [-0.3, -0.25) is 4.79 Å². The average molecular weight is 375 g/mol. The molecule has 2 nitrogen and oxygen atoms in total. The van der Waals surface area contributed by atoms with E-state index in [-0.39, 0.29) is 26.7 Å². The van der Waals surface area contributed by atoms with E-state index >= 15 is 0 Å². The van der Waals surface area contributed by atoms with Gasteiger partial charge in [0.1, 0.15) is 10.8 Å². The highest BCUT2D eigenvalue weighted by molar-refractivity contribution is 6.46. The third-order valence-corrected chi connectivity index (χ3v) is 4.21. The van der Waals surface area contributed by atoms with Crippen LogP contribution in [0.5, 0.6) is 5.75 Å². The number of ketones is 1. The number of ether oxygens (including phenoxy) is 1. The standard InChI is InChI=1S/C17H11Cl2F3O2/c1-9(10-3-5-11(6-4-10)17(20,21)22)16(23)12-7-8-13(24-2)15(19)14(12)18/h3-8H,1H2,2H3. The topological polar surface area (TPSA) is 26.3 Å². The van der Waals surface area contributed by atoms with E-state index in [2.05, 4.69) is 6.58 Å². The normalized spacial score (nSPS) is 11.2. The number of Topliss-reactive ketones (excluding diaryl/α,β-unsaturated/α-hetero) is 1. The van der Waals surface area contributed by atoms with E-state index < -0.39 is 17.5 Å². The van der Waals surface area contributed by atoms with Gasteiger partial charge in [-0.2, -0.15) is 13.2 Å². The highest BCUT2D eigenvalue weighted by Crippen LogP contribution is 2.36. The summed E-state index contributed by atoms with van der Waals surface area (Å²) in [5.41, 5.74) is -0.452. The first-order valence-corrected chi connectivity index (χ1v) is 7.35. The number of rotatable bonds is 4. The molecule has 0 saturated carbocycles. The molecule has 0 fully saturated rings. The van der Waals surface area contributed by atoms with Gasteiger partial charge in [-0.05, 0) is 29.8 Å². The number of halogens is 5. The average Bonchev–Trinajstić information content (AvgIpc) is 2.55. The number of carbonyl (C=O) groups excluding carboxylic acids is 1. The maximum atomic E-state index is 12.6. The number of hydrogen-bond acceptors (Lipinski definition) is 2. The molecule has 0 heterocycles. The number of allylic oxidation sites excluding steroid dienone is 1. The van der Waals surface area contributed by atoms with Crippen LogP contribution in [0.1, 0.15) is 21.5 Å². The van der Waals surface area contributed by atoms with Crippen LogP contribution < -0.4 is 4.74 Å². The van der Waals surface area contributed by atoms with Crippen molar-refractivity contribution >= 4 is 34.6 Å². The van der Waals surface area contributed by atoms with E-state index in [4.69, 9.17) is 27.9 Å². The number of benzene rings is 2. The Morgan fingerprint density at radius 3 is 2.12 bits per heavy atom. The van der Waals surface area contributed by atoms with Crippen LogP contribution in [0.2, 0.25) is 10.0 Å². The van der Waals surface area contributed by atoms with Crippen LogP contribution >= 0.6 is 23.2 Å². The Bertz CT molecular complexity index is 797. The van der Waals surface area contributed by atoms with Gasteiger partial charge >= 0.3 is 6.18 Å². The first-order valence-electron chi connectivity index (χ1n) is 6.60. The molecule has 24 heavy (non-hydrogen) atoms. The Morgan fingerprint density at radius 1 is 1.04 bits per heavy atom. The summed E-state index contributed by atoms with van der Waals surface area (Å²) in [5.74, 6) is -0.234. The first kappa shape index (κ1) is 18.4. The molecule has 2 rings (SSSR count). The fraction of sp³-hybridized carbons (Fsp3) is 0.118. The number of methoxy groups -OCH3 is 1. The van der Waals surface area contributed by atoms with Crippen molar-refractivity contribution in [3.05, 3.63) is 69.7 Å². The van der Waals surface area contributed by atoms with Gasteiger partial charge in [0.2, 0.25) is 0 Å². The van der Waals surface area contributed by atoms with Crippen molar-refractivity contribution in [1.29, 1.82) is 0 Å². The van der Waals surface area contributed by atoms with Gasteiger partial charge in [-0.1, -0.05) is 41.9 Å². The summed E-state index contributed by atoms with van der Waals surface area (Å²) >= 11 is 12.1. The lowest BCUT2D eigenvalue weighted by Gasteiger charge is -2.11. The summed E-state index contributed by atoms with van der Waals surface area (Å²) in [7, 11) is 1.40. The molecular formula is C17H11Cl2F3O2. The summed E-state index contributed by atoms with van der Waals surface area (Å²) in [6.07, 6.45) is -4.45. The van der Waals surface area contributed by atoms with Crippen LogP contribution in [-0.2, 0) is 6.18 Å². The predicted molar refractivity (Wildman–Crippen MR) is 87.8 cm³/mol. The molecule has 0 amide bonds. The van der Waals surface area contributed by atoms with Gasteiger partial charge in [0.05, 0.1) is 17.7 Å². The molecule has 0 aliphatic heterocycles. The summed E-state index contributed by atoms with van der Waals surface area (Å²) in [6, 6.07) is 7.03. The monoisotopic (exact) mass is 374 g/mol. The lowest BCUT2D eigenvalue weighted by atomic mass is 9.97. The largest absolute Gasteiger partial charge is 0.495 e. The molecular weight excluding hydrogens is 364 g/mol. The quantitative estimate of drug-likeness (QED) is 0.490. The molecule has 0 N–H and O–H groups in total. The van der Waals surface area contributed by atoms with Gasteiger partial charge < -0.3 is 4.74 Å². The lowest BCUT2D eigenvalue weighted by molar-refractivity contribution is -0.137. The van der Waals surface area contributed by atoms with Crippen LogP contribution in [0.15, 0.2) is 43.0 Å². The van der Waals surface area contributed by atoms with E-state index in [1.165, 1.54) is 31.4 Å². The molecule has 2 aromatic carbocycles. The summed E-state index contributed by atoms with van der Waals surface area (Å²) < 4.78 is 42.7. The molecule has 0 unspecified atom stereocenters. The SMILES string of the molecule is C=C(C(=O)c1ccc(OC)c(Cl)c1Cl)c1ccc(C(F)(F)F)cc1. The molecule has 0 aromatic heterocycles. The maximum Gasteiger partial charge on any atom is 0.416 e. The van der Waals surface area contributed by atoms with Crippen LogP contribution in [-0.4, -0.2) is 12.9 Å². The second-order valence-electron chi connectivity index (χ2n) is 4.83. The molecule has 7 heteroatoms. The van der Waals surface area contributed by atoms with Crippen molar-refractivity contribution in [2.24, 2.45) is 0 Å². The van der Waals surface area contributed by atoms with Crippen molar-refractivity contribution < 1.29 is 22.7 Å². The van der Waals surface area contributed by atoms with Crippen LogP contribution in [0.4, 0.5) is 13.2 Å². The van der Waals surface area contributed by atoms with E-state index in [9.17, 15) is 18.0 Å². The Hall–Kier alpha value is -1.98. The van der Waals surface area contributed by atoms with Crippen molar-refractivity contribution in [2.45, 2.75) is 6.18 Å². The minimum Gasteiger partial charge on any atom is -0.495 e. The van der Waals surface area contributed by atoms with E-state index in [1.807, 2.05) is 0 Å². The molecule has 0 radical (unpaired) electrons. The van der Waals surface area contributed by atoms with Crippen molar-refractivity contribution in [3.63, 3.8) is 0 Å². The fourth-order valence-corrected chi connectivity index (χ4v) is 2.50. The maximum absolute atomic E-state index is 12.6. The van der Waals surface area contributed by atoms with E-state index in [1.54, 1.807) is 0 Å². The Labute approximate surface area is 146 Å². The fourth-order valence-electron chi connectivity index (χ4n) is 2.02. The third kappa shape index (κ3) is 3.57. The van der Waals surface area contributed by atoms with Gasteiger partial charge in [0, 0.05) is 11.1 Å². The van der Waals surface area contributed by atoms with Crippen molar-refractivity contribution in [2.75, 3.05) is 7.11 Å². The second-order valence-corrected chi connectivity index (χ2v) is 5.58. The molecule has 2 aromatic rings. The molecule has 0 spiro atoms. The first-order chi connectivity index (χ1) is 11.2. The number of alkyl halides is 3. The van der Waals surface area contributed by atoms with Crippen LogP contribution in [0, 0.1) is 0 Å². The molecule has 126 valence electrons. The highest BCUT2D eigenvalue weighted by atomic mass is 35.5. The minimum atomic E-state index is -4.45. The summed E-state index contributed by atoms with van der Waals surface area (Å²) in [5, 5.41) is 0.0688. The number of hydrogen-bond donors (Lipinski definition) is 0. The predicted octanol–water partition coefficient (Wildman–Crippen LogP) is 5.92. The van der Waals surface area contributed by atoms with Gasteiger partial charge in [0.25, 0.3) is 0 Å². The third-order valence-electron chi connectivity index (χ3n) is 3.35. The molecule has 0 saturated heterocycles. The zero-order valence-electron chi connectivity index (χ0n) is 12.4. The summed E-state index contributed by atoms with van der Waals surface area (Å²) in [6.45, 7) is 3.64. The zero-order chi connectivity index (χ0) is 18.1. The highest BCUT2D eigenvalue weighted by Gasteiger charge is 2.30. The van der Waals surface area contributed by atoms with Gasteiger partial charge in [-0.25, -0.2) is 0 Å². The minimum absolute atomic E-state index is 0.00548. The van der Waals surface area contributed by atoms with Crippen molar-refractivity contribution in [1.82, 2.24) is 0 Å². The molecule has 0 atom stereocenters. The van der Waals surface area contributed by atoms with Gasteiger partial charge in [0.15, 0.2) is 5.78 Å². The lowest BCUT2D eigenvalue weighted by Crippen LogP contribution is -2.06. The Balaban J connectivity index is 2.34.